The van der Waals surface area contributed by atoms with Gasteiger partial charge in [0.1, 0.15) is 11.5 Å². The van der Waals surface area contributed by atoms with Crippen LogP contribution in [0.3, 0.4) is 0 Å². The van der Waals surface area contributed by atoms with Gasteiger partial charge in [-0.05, 0) is 61.9 Å². The molecule has 2 aromatic heterocycles. The minimum absolute atomic E-state index is 0.00815. The predicted molar refractivity (Wildman–Crippen MR) is 103 cm³/mol. The number of aromatic nitrogens is 4. The summed E-state index contributed by atoms with van der Waals surface area (Å²) in [4.78, 5) is 19.0. The smallest absolute Gasteiger partial charge is 0.274 e. The van der Waals surface area contributed by atoms with E-state index in [1.165, 1.54) is 25.0 Å². The van der Waals surface area contributed by atoms with Crippen LogP contribution in [0.15, 0.2) is 34.9 Å². The average Bonchev–Trinajstić information content (AvgIpc) is 3.15. The average molecular weight is 395 g/mol. The molecule has 1 saturated heterocycles. The van der Waals surface area contributed by atoms with Crippen LogP contribution in [0.5, 0.6) is 0 Å². The predicted octanol–water partition coefficient (Wildman–Crippen LogP) is 3.57. The molecule has 1 N–H and O–H groups in total. The van der Waals surface area contributed by atoms with Crippen molar-refractivity contribution in [1.29, 1.82) is 0 Å². The maximum atomic E-state index is 13.0. The highest BCUT2D eigenvalue weighted by molar-refractivity contribution is 5.92. The largest absolute Gasteiger partial charge is 0.337 e. The molecule has 1 unspecified atom stereocenters. The molecule has 2 fully saturated rings. The number of hydrogen-bond acceptors (Lipinski definition) is 5. The SMILES string of the molecule is O=C(c1cc(C2CC2)[nH]n1)N1CCC(CCc2noc(-c3ccc(F)cc3)n2)C1. The number of rotatable bonds is 6. The first-order chi connectivity index (χ1) is 14.2. The summed E-state index contributed by atoms with van der Waals surface area (Å²) in [6, 6.07) is 7.89. The summed E-state index contributed by atoms with van der Waals surface area (Å²) < 4.78 is 18.3. The van der Waals surface area contributed by atoms with Crippen LogP contribution in [0.1, 0.15) is 53.6 Å². The Morgan fingerprint density at radius 1 is 1.24 bits per heavy atom. The molecular formula is C21H22FN5O2. The molecule has 0 radical (unpaired) electrons. The summed E-state index contributed by atoms with van der Waals surface area (Å²) in [6.07, 6.45) is 4.90. The van der Waals surface area contributed by atoms with Gasteiger partial charge in [-0.2, -0.15) is 10.1 Å². The maximum Gasteiger partial charge on any atom is 0.274 e. The molecule has 3 heterocycles. The fourth-order valence-electron chi connectivity index (χ4n) is 3.86. The normalized spacial score (nSPS) is 19.1. The van der Waals surface area contributed by atoms with Gasteiger partial charge in [-0.15, -0.1) is 0 Å². The van der Waals surface area contributed by atoms with Gasteiger partial charge in [-0.1, -0.05) is 5.16 Å². The van der Waals surface area contributed by atoms with Crippen LogP contribution in [-0.2, 0) is 6.42 Å². The van der Waals surface area contributed by atoms with Crippen molar-refractivity contribution in [2.75, 3.05) is 13.1 Å². The van der Waals surface area contributed by atoms with E-state index in [1.807, 2.05) is 11.0 Å². The molecule has 2 aliphatic rings. The molecule has 5 rings (SSSR count). The third-order valence-corrected chi connectivity index (χ3v) is 5.74. The van der Waals surface area contributed by atoms with Gasteiger partial charge >= 0.3 is 0 Å². The van der Waals surface area contributed by atoms with Crippen LogP contribution < -0.4 is 0 Å². The number of amides is 1. The Morgan fingerprint density at radius 2 is 2.07 bits per heavy atom. The van der Waals surface area contributed by atoms with Crippen molar-refractivity contribution in [3.63, 3.8) is 0 Å². The van der Waals surface area contributed by atoms with Crippen LogP contribution in [-0.4, -0.2) is 44.2 Å². The standard InChI is InChI=1S/C21H22FN5O2/c22-16-6-4-15(5-7-16)20-23-19(26-29-20)8-1-13-9-10-27(12-13)21(28)18-11-17(24-25-18)14-2-3-14/h4-7,11,13-14H,1-3,8-10,12H2,(H,24,25). The first kappa shape index (κ1) is 18.0. The van der Waals surface area contributed by atoms with Crippen molar-refractivity contribution < 1.29 is 13.7 Å². The van der Waals surface area contributed by atoms with Crippen molar-refractivity contribution in [2.45, 2.75) is 38.0 Å². The molecule has 0 bridgehead atoms. The Kier molecular flexibility index (Phi) is 4.61. The topological polar surface area (TPSA) is 87.9 Å². The second kappa shape index (κ2) is 7.42. The Labute approximate surface area is 167 Å². The molecule has 29 heavy (non-hydrogen) atoms. The van der Waals surface area contributed by atoms with E-state index in [2.05, 4.69) is 20.3 Å². The zero-order valence-corrected chi connectivity index (χ0v) is 16.0. The van der Waals surface area contributed by atoms with Gasteiger partial charge in [0.05, 0.1) is 0 Å². The van der Waals surface area contributed by atoms with E-state index in [0.717, 1.165) is 31.6 Å². The van der Waals surface area contributed by atoms with Crippen molar-refractivity contribution in [3.05, 3.63) is 53.4 Å². The van der Waals surface area contributed by atoms with E-state index < -0.39 is 0 Å². The Bertz CT molecular complexity index is 1010. The van der Waals surface area contributed by atoms with E-state index in [4.69, 9.17) is 4.52 Å². The molecule has 7 nitrogen and oxygen atoms in total. The monoisotopic (exact) mass is 395 g/mol. The van der Waals surface area contributed by atoms with Gasteiger partial charge in [0, 0.05) is 36.7 Å². The number of H-pyrrole nitrogens is 1. The molecule has 1 aromatic carbocycles. The lowest BCUT2D eigenvalue weighted by Crippen LogP contribution is -2.29. The second-order valence-corrected chi connectivity index (χ2v) is 7.95. The minimum atomic E-state index is -0.299. The molecule has 0 spiro atoms. The Balaban J connectivity index is 1.14. The second-order valence-electron chi connectivity index (χ2n) is 7.95. The van der Waals surface area contributed by atoms with E-state index in [-0.39, 0.29) is 11.7 Å². The fourth-order valence-corrected chi connectivity index (χ4v) is 3.86. The zero-order valence-electron chi connectivity index (χ0n) is 16.0. The first-order valence-corrected chi connectivity index (χ1v) is 10.1. The number of carbonyl (C=O) groups is 1. The number of nitrogens with zero attached hydrogens (tertiary/aromatic N) is 4. The van der Waals surface area contributed by atoms with Crippen LogP contribution >= 0.6 is 0 Å². The van der Waals surface area contributed by atoms with Crippen molar-refractivity contribution in [3.8, 4) is 11.5 Å². The summed E-state index contributed by atoms with van der Waals surface area (Å²) in [6.45, 7) is 1.48. The van der Waals surface area contributed by atoms with Gasteiger partial charge in [-0.25, -0.2) is 4.39 Å². The van der Waals surface area contributed by atoms with E-state index in [0.29, 0.717) is 41.2 Å². The van der Waals surface area contributed by atoms with Gasteiger partial charge in [-0.3, -0.25) is 9.89 Å². The number of likely N-dealkylation sites (tertiary alicyclic amines) is 1. The third-order valence-electron chi connectivity index (χ3n) is 5.74. The highest BCUT2D eigenvalue weighted by atomic mass is 19.1. The summed E-state index contributed by atoms with van der Waals surface area (Å²) in [5, 5.41) is 11.2. The number of halogens is 1. The fraction of sp³-hybridized carbons (Fsp3) is 0.429. The third kappa shape index (κ3) is 3.92. The number of aromatic amines is 1. The summed E-state index contributed by atoms with van der Waals surface area (Å²) >= 11 is 0. The molecule has 1 atom stereocenters. The lowest BCUT2D eigenvalue weighted by molar-refractivity contribution is 0.0780. The molecule has 1 saturated carbocycles. The van der Waals surface area contributed by atoms with Crippen LogP contribution in [0.2, 0.25) is 0 Å². The van der Waals surface area contributed by atoms with Crippen molar-refractivity contribution in [1.82, 2.24) is 25.2 Å². The van der Waals surface area contributed by atoms with Crippen LogP contribution in [0.4, 0.5) is 4.39 Å². The lowest BCUT2D eigenvalue weighted by Gasteiger charge is -2.14. The number of carbonyl (C=O) groups excluding carboxylic acids is 1. The molecule has 3 aromatic rings. The Morgan fingerprint density at radius 3 is 2.86 bits per heavy atom. The summed E-state index contributed by atoms with van der Waals surface area (Å²) in [5.41, 5.74) is 2.31. The molecule has 8 heteroatoms. The highest BCUT2D eigenvalue weighted by Gasteiger charge is 2.30. The number of hydrogen-bond donors (Lipinski definition) is 1. The lowest BCUT2D eigenvalue weighted by atomic mass is 10.0. The summed E-state index contributed by atoms with van der Waals surface area (Å²) in [5.74, 6) is 1.71. The summed E-state index contributed by atoms with van der Waals surface area (Å²) in [7, 11) is 0. The number of benzene rings is 1. The molecule has 150 valence electrons. The van der Waals surface area contributed by atoms with Crippen molar-refractivity contribution in [2.24, 2.45) is 5.92 Å². The van der Waals surface area contributed by atoms with E-state index >= 15 is 0 Å². The van der Waals surface area contributed by atoms with Gasteiger partial charge in [0.15, 0.2) is 5.82 Å². The van der Waals surface area contributed by atoms with E-state index in [1.54, 1.807) is 12.1 Å². The van der Waals surface area contributed by atoms with Crippen molar-refractivity contribution >= 4 is 5.91 Å². The Hall–Kier alpha value is -3.03. The minimum Gasteiger partial charge on any atom is -0.337 e. The van der Waals surface area contributed by atoms with Crippen LogP contribution in [0, 0.1) is 11.7 Å². The highest BCUT2D eigenvalue weighted by Crippen LogP contribution is 2.39. The van der Waals surface area contributed by atoms with Crippen LogP contribution in [0.25, 0.3) is 11.5 Å². The first-order valence-electron chi connectivity index (χ1n) is 10.1. The maximum absolute atomic E-state index is 13.0. The quantitative estimate of drug-likeness (QED) is 0.689. The van der Waals surface area contributed by atoms with Gasteiger partial charge in [0.2, 0.25) is 0 Å². The molecular weight excluding hydrogens is 373 g/mol. The van der Waals surface area contributed by atoms with E-state index in [9.17, 15) is 9.18 Å². The molecule has 1 aliphatic carbocycles. The number of nitrogens with one attached hydrogen (secondary N) is 1. The molecule has 1 amide bonds. The zero-order chi connectivity index (χ0) is 19.8. The number of aryl methyl sites for hydroxylation is 1. The molecule has 1 aliphatic heterocycles. The van der Waals surface area contributed by atoms with Gasteiger partial charge in [0.25, 0.3) is 11.8 Å². The van der Waals surface area contributed by atoms with Gasteiger partial charge < -0.3 is 9.42 Å².